The van der Waals surface area contributed by atoms with Crippen LogP contribution in [0.5, 0.6) is 0 Å². The zero-order valence-corrected chi connectivity index (χ0v) is 16.4. The molecule has 0 aromatic carbocycles. The molecule has 0 fully saturated rings. The number of aromatic nitrogens is 2. The van der Waals surface area contributed by atoms with E-state index >= 15 is 0 Å². The van der Waals surface area contributed by atoms with E-state index in [1.807, 2.05) is 0 Å². The molecule has 2 heterocycles. The van der Waals surface area contributed by atoms with Crippen molar-refractivity contribution in [2.45, 2.75) is 58.8 Å². The number of carboxylic acid groups (broad SMARTS) is 1. The molecule has 0 radical (unpaired) electrons. The van der Waals surface area contributed by atoms with Gasteiger partial charge in [-0.25, -0.2) is 14.8 Å². The second kappa shape index (κ2) is 5.80. The number of hydrogen-bond donors (Lipinski definition) is 2. The number of nitrogens with zero attached hydrogens (tertiary/aromatic N) is 2. The maximum absolute atomic E-state index is 10.9. The van der Waals surface area contributed by atoms with E-state index in [2.05, 4.69) is 56.8 Å². The van der Waals surface area contributed by atoms with Crippen LogP contribution in [0.25, 0.3) is 0 Å². The maximum Gasteiger partial charge on any atom is 0.338 e. The summed E-state index contributed by atoms with van der Waals surface area (Å²) in [6, 6.07) is 0. The highest BCUT2D eigenvalue weighted by molar-refractivity contribution is 7.16. The molecule has 0 spiro atoms. The van der Waals surface area contributed by atoms with Gasteiger partial charge in [-0.15, -0.1) is 11.3 Å². The van der Waals surface area contributed by atoms with E-state index in [-0.39, 0.29) is 16.4 Å². The Labute approximate surface area is 152 Å². The van der Waals surface area contributed by atoms with Crippen LogP contribution in [0.4, 0.5) is 10.9 Å². The van der Waals surface area contributed by atoms with E-state index in [4.69, 9.17) is 5.11 Å². The highest BCUT2D eigenvalue weighted by Gasteiger charge is 2.45. The third kappa shape index (κ3) is 2.92. The number of carboxylic acids is 1. The van der Waals surface area contributed by atoms with E-state index in [1.54, 1.807) is 11.3 Å². The predicted molar refractivity (Wildman–Crippen MR) is 101 cm³/mol. The molecular weight excluding hydrogens is 334 g/mol. The van der Waals surface area contributed by atoms with Gasteiger partial charge in [0.1, 0.15) is 0 Å². The number of thiophene rings is 1. The highest BCUT2D eigenvalue weighted by Crippen LogP contribution is 2.55. The molecule has 0 bridgehead atoms. The van der Waals surface area contributed by atoms with E-state index in [9.17, 15) is 4.79 Å². The largest absolute Gasteiger partial charge is 0.478 e. The summed E-state index contributed by atoms with van der Waals surface area (Å²) >= 11 is 1.77. The van der Waals surface area contributed by atoms with Crippen LogP contribution in [0.3, 0.4) is 0 Å². The lowest BCUT2D eigenvalue weighted by Gasteiger charge is -2.44. The smallest absolute Gasteiger partial charge is 0.338 e. The van der Waals surface area contributed by atoms with Gasteiger partial charge in [0.05, 0.1) is 10.6 Å². The summed E-state index contributed by atoms with van der Waals surface area (Å²) in [7, 11) is 0. The van der Waals surface area contributed by atoms with E-state index in [0.29, 0.717) is 11.9 Å². The number of aromatic carboxylic acids is 1. The van der Waals surface area contributed by atoms with Crippen LogP contribution < -0.4 is 5.32 Å². The van der Waals surface area contributed by atoms with Crippen LogP contribution in [-0.4, -0.2) is 21.0 Å². The molecular formula is C19H25N3O2S. The van der Waals surface area contributed by atoms with Gasteiger partial charge in [-0.3, -0.25) is 0 Å². The lowest BCUT2D eigenvalue weighted by molar-refractivity contribution is 0.0696. The molecule has 2 N–H and O–H groups in total. The highest BCUT2D eigenvalue weighted by atomic mass is 32.1. The first-order chi connectivity index (χ1) is 11.5. The average Bonchev–Trinajstić information content (AvgIpc) is 2.85. The minimum absolute atomic E-state index is 0.0869. The standard InChI is InChI=1S/C19H25N3O2S/c1-10-7-18(3,4)13-11(2)15(25-14(13)19(10,5)6)22-17-20-8-12(9-21-17)16(23)24/h8-10H,7H2,1-6H3,(H,23,24)(H,20,21,22). The fourth-order valence-electron chi connectivity index (χ4n) is 3.85. The quantitative estimate of drug-likeness (QED) is 0.816. The van der Waals surface area contributed by atoms with Crippen molar-refractivity contribution in [3.63, 3.8) is 0 Å². The summed E-state index contributed by atoms with van der Waals surface area (Å²) in [6.45, 7) is 13.8. The minimum Gasteiger partial charge on any atom is -0.478 e. The Bertz CT molecular complexity index is 822. The first-order valence-electron chi connectivity index (χ1n) is 8.50. The van der Waals surface area contributed by atoms with Crippen molar-refractivity contribution in [2.24, 2.45) is 5.92 Å². The monoisotopic (exact) mass is 359 g/mol. The Morgan fingerprint density at radius 3 is 2.44 bits per heavy atom. The van der Waals surface area contributed by atoms with Crippen molar-refractivity contribution in [1.82, 2.24) is 9.97 Å². The number of nitrogens with one attached hydrogen (secondary N) is 1. The molecule has 5 nitrogen and oxygen atoms in total. The lowest BCUT2D eigenvalue weighted by Crippen LogP contribution is -2.39. The number of fused-ring (bicyclic) bond motifs is 1. The summed E-state index contributed by atoms with van der Waals surface area (Å²) in [5.74, 6) is 0.00848. The van der Waals surface area contributed by atoms with E-state index < -0.39 is 5.97 Å². The maximum atomic E-state index is 10.9. The van der Waals surface area contributed by atoms with Gasteiger partial charge in [0.15, 0.2) is 0 Å². The van der Waals surface area contributed by atoms with Crippen molar-refractivity contribution in [1.29, 1.82) is 0 Å². The molecule has 1 unspecified atom stereocenters. The SMILES string of the molecule is Cc1c(Nc2ncc(C(=O)O)cn2)sc2c1C(C)(C)CC(C)C2(C)C. The molecule has 0 amide bonds. The third-order valence-corrected chi connectivity index (χ3v) is 7.13. The Morgan fingerprint density at radius 1 is 1.28 bits per heavy atom. The van der Waals surface area contributed by atoms with Gasteiger partial charge in [0.25, 0.3) is 0 Å². The fraction of sp³-hybridized carbons (Fsp3) is 0.526. The lowest BCUT2D eigenvalue weighted by atomic mass is 9.61. The van der Waals surface area contributed by atoms with Gasteiger partial charge < -0.3 is 10.4 Å². The molecule has 2 aromatic rings. The molecule has 3 rings (SSSR count). The van der Waals surface area contributed by atoms with Crippen molar-refractivity contribution >= 4 is 28.3 Å². The molecule has 25 heavy (non-hydrogen) atoms. The zero-order chi connectivity index (χ0) is 18.6. The summed E-state index contributed by atoms with van der Waals surface area (Å²) in [5, 5.41) is 13.3. The number of hydrogen-bond acceptors (Lipinski definition) is 5. The summed E-state index contributed by atoms with van der Waals surface area (Å²) in [4.78, 5) is 20.6. The normalized spacial score (nSPS) is 20.8. The summed E-state index contributed by atoms with van der Waals surface area (Å²) < 4.78 is 0. The summed E-state index contributed by atoms with van der Waals surface area (Å²) in [6.07, 6.45) is 3.82. The second-order valence-electron chi connectivity index (χ2n) is 8.20. The van der Waals surface area contributed by atoms with Crippen molar-refractivity contribution in [2.75, 3.05) is 5.32 Å². The molecule has 134 valence electrons. The van der Waals surface area contributed by atoms with Gasteiger partial charge in [0.2, 0.25) is 5.95 Å². The second-order valence-corrected chi connectivity index (χ2v) is 9.22. The number of anilines is 2. The molecule has 0 saturated heterocycles. The number of carbonyl (C=O) groups is 1. The molecule has 0 aliphatic heterocycles. The topological polar surface area (TPSA) is 75.1 Å². The van der Waals surface area contributed by atoms with Crippen molar-refractivity contribution in [3.8, 4) is 0 Å². The molecule has 1 atom stereocenters. The van der Waals surface area contributed by atoms with Crippen LogP contribution >= 0.6 is 11.3 Å². The van der Waals surface area contributed by atoms with Gasteiger partial charge in [-0.05, 0) is 35.8 Å². The molecule has 0 saturated carbocycles. The molecule has 6 heteroatoms. The van der Waals surface area contributed by atoms with Crippen molar-refractivity contribution < 1.29 is 9.90 Å². The Balaban J connectivity index is 2.01. The average molecular weight is 359 g/mol. The van der Waals surface area contributed by atoms with Gasteiger partial charge in [-0.1, -0.05) is 34.6 Å². The first kappa shape index (κ1) is 17.9. The minimum atomic E-state index is -1.02. The van der Waals surface area contributed by atoms with Crippen molar-refractivity contribution in [3.05, 3.63) is 34.0 Å². The molecule has 1 aliphatic carbocycles. The van der Waals surface area contributed by atoms with Gasteiger partial charge in [-0.2, -0.15) is 0 Å². The Hall–Kier alpha value is -1.95. The Morgan fingerprint density at radius 2 is 1.88 bits per heavy atom. The first-order valence-corrected chi connectivity index (χ1v) is 9.32. The zero-order valence-electron chi connectivity index (χ0n) is 15.6. The van der Waals surface area contributed by atoms with Gasteiger partial charge in [0, 0.05) is 22.7 Å². The summed E-state index contributed by atoms with van der Waals surface area (Å²) in [5.41, 5.74) is 3.04. The van der Waals surface area contributed by atoms with Crippen LogP contribution in [-0.2, 0) is 10.8 Å². The Kier molecular flexibility index (Phi) is 4.14. The number of rotatable bonds is 3. The predicted octanol–water partition coefficient (Wildman–Crippen LogP) is 4.88. The third-order valence-electron chi connectivity index (χ3n) is 5.58. The van der Waals surface area contributed by atoms with Crippen LogP contribution in [0, 0.1) is 12.8 Å². The van der Waals surface area contributed by atoms with Gasteiger partial charge >= 0.3 is 5.97 Å². The van der Waals surface area contributed by atoms with E-state index in [0.717, 1.165) is 11.4 Å². The van der Waals surface area contributed by atoms with E-state index in [1.165, 1.54) is 28.4 Å². The van der Waals surface area contributed by atoms with Crippen LogP contribution in [0.15, 0.2) is 12.4 Å². The molecule has 2 aromatic heterocycles. The van der Waals surface area contributed by atoms with Crippen LogP contribution in [0.2, 0.25) is 0 Å². The van der Waals surface area contributed by atoms with Crippen LogP contribution in [0.1, 0.15) is 67.4 Å². The fourth-order valence-corrected chi connectivity index (χ4v) is 5.45. The molecule has 1 aliphatic rings.